The summed E-state index contributed by atoms with van der Waals surface area (Å²) in [5.74, 6) is 1.39. The van der Waals surface area contributed by atoms with Crippen LogP contribution in [0.25, 0.3) is 17.0 Å². The van der Waals surface area contributed by atoms with E-state index >= 15 is 0 Å². The van der Waals surface area contributed by atoms with Crippen molar-refractivity contribution in [3.8, 4) is 17.3 Å². The Morgan fingerprint density at radius 3 is 2.73 bits per heavy atom. The van der Waals surface area contributed by atoms with E-state index < -0.39 is 0 Å². The molecular formula is C25H20ClN5O2. The smallest absolute Gasteiger partial charge is 0.228 e. The molecule has 164 valence electrons. The summed E-state index contributed by atoms with van der Waals surface area (Å²) in [7, 11) is 0. The summed E-state index contributed by atoms with van der Waals surface area (Å²) in [6.45, 7) is 4.17. The van der Waals surface area contributed by atoms with Crippen molar-refractivity contribution in [2.24, 2.45) is 5.41 Å². The molecule has 1 atom stereocenters. The van der Waals surface area contributed by atoms with Gasteiger partial charge in [0.05, 0.1) is 11.5 Å². The number of allylic oxidation sites excluding steroid dienone is 2. The number of carbonyl (C=O) groups is 1. The predicted octanol–water partition coefficient (Wildman–Crippen LogP) is 5.01. The normalized spacial score (nSPS) is 19.2. The van der Waals surface area contributed by atoms with Crippen LogP contribution in [0.15, 0.2) is 66.5 Å². The summed E-state index contributed by atoms with van der Waals surface area (Å²) in [6, 6.07) is 11.2. The van der Waals surface area contributed by atoms with Crippen LogP contribution in [-0.2, 0) is 4.79 Å². The molecule has 3 aromatic heterocycles. The Hall–Kier alpha value is -3.58. The number of benzene rings is 1. The molecule has 0 N–H and O–H groups in total. The summed E-state index contributed by atoms with van der Waals surface area (Å²) in [5.41, 5.74) is 3.55. The Labute approximate surface area is 195 Å². The molecule has 0 amide bonds. The highest BCUT2D eigenvalue weighted by Crippen LogP contribution is 2.50. The van der Waals surface area contributed by atoms with Crippen molar-refractivity contribution in [2.45, 2.75) is 32.6 Å². The van der Waals surface area contributed by atoms with E-state index in [9.17, 15) is 4.79 Å². The van der Waals surface area contributed by atoms with Crippen molar-refractivity contribution < 1.29 is 9.53 Å². The average molecular weight is 458 g/mol. The van der Waals surface area contributed by atoms with Gasteiger partial charge in [0.2, 0.25) is 5.88 Å². The number of carbonyl (C=O) groups excluding carboxylic acids is 1. The lowest BCUT2D eigenvalue weighted by Gasteiger charge is -2.37. The molecule has 2 aliphatic rings. The Kier molecular flexibility index (Phi) is 4.39. The van der Waals surface area contributed by atoms with E-state index in [1.165, 1.54) is 0 Å². The fraction of sp³-hybridized carbons (Fsp3) is 0.240. The lowest BCUT2D eigenvalue weighted by Crippen LogP contribution is -2.33. The molecule has 0 fully saturated rings. The summed E-state index contributed by atoms with van der Waals surface area (Å²) in [5, 5.41) is 5.27. The van der Waals surface area contributed by atoms with Crippen LogP contribution < -0.4 is 4.74 Å². The predicted molar refractivity (Wildman–Crippen MR) is 123 cm³/mol. The molecule has 7 nitrogen and oxygen atoms in total. The Morgan fingerprint density at radius 2 is 1.97 bits per heavy atom. The van der Waals surface area contributed by atoms with Crippen LogP contribution in [-0.4, -0.2) is 30.3 Å². The maximum atomic E-state index is 13.4. The number of aromatic nitrogens is 5. The molecule has 1 aromatic carbocycles. The highest BCUT2D eigenvalue weighted by atomic mass is 35.5. The first-order valence-corrected chi connectivity index (χ1v) is 11.1. The third-order valence-electron chi connectivity index (χ3n) is 6.18. The lowest BCUT2D eigenvalue weighted by molar-refractivity contribution is -0.118. The minimum atomic E-state index is -0.375. The number of ketones is 1. The van der Waals surface area contributed by atoms with Crippen LogP contribution in [0.3, 0.4) is 0 Å². The first-order chi connectivity index (χ1) is 15.9. The number of pyridine rings is 1. The summed E-state index contributed by atoms with van der Waals surface area (Å²) in [4.78, 5) is 27.1. The molecule has 4 aromatic rings. The monoisotopic (exact) mass is 457 g/mol. The molecule has 4 heterocycles. The lowest BCUT2D eigenvalue weighted by atomic mass is 9.70. The van der Waals surface area contributed by atoms with E-state index in [2.05, 4.69) is 28.9 Å². The molecule has 33 heavy (non-hydrogen) atoms. The van der Waals surface area contributed by atoms with Gasteiger partial charge in [-0.15, -0.1) is 5.10 Å². The molecule has 8 heteroatoms. The van der Waals surface area contributed by atoms with Gasteiger partial charge in [-0.05, 0) is 41.3 Å². The van der Waals surface area contributed by atoms with Gasteiger partial charge < -0.3 is 4.74 Å². The minimum absolute atomic E-state index is 0.0835. The quantitative estimate of drug-likeness (QED) is 0.421. The molecule has 6 rings (SSSR count). The van der Waals surface area contributed by atoms with Gasteiger partial charge >= 0.3 is 0 Å². The van der Waals surface area contributed by atoms with Gasteiger partial charge in [-0.1, -0.05) is 31.5 Å². The van der Waals surface area contributed by atoms with E-state index in [1.807, 2.05) is 24.3 Å². The highest BCUT2D eigenvalue weighted by molar-refractivity contribution is 6.30. The van der Waals surface area contributed by atoms with Crippen LogP contribution in [0, 0.1) is 5.41 Å². The standard InChI is InChI=1S/C25H20ClN5O2/c1-25(2)10-17(32)20-18(11-25)33-24-21(19(20)15-4-3-9-27-12-15)23-29-22(30-31(23)13-28-24)14-5-7-16(26)8-6-14/h3-9,12-13,19H,10-11H2,1-2H3/t19-/m0/s1. The third kappa shape index (κ3) is 3.31. The van der Waals surface area contributed by atoms with Crippen LogP contribution in [0.1, 0.15) is 43.7 Å². The molecule has 0 saturated heterocycles. The second-order valence-electron chi connectivity index (χ2n) is 9.27. The van der Waals surface area contributed by atoms with E-state index in [4.69, 9.17) is 21.3 Å². The zero-order chi connectivity index (χ0) is 22.7. The Bertz CT molecular complexity index is 1440. The maximum Gasteiger partial charge on any atom is 0.228 e. The molecule has 0 saturated carbocycles. The van der Waals surface area contributed by atoms with Crippen LogP contribution in [0.2, 0.25) is 5.02 Å². The molecule has 1 aliphatic carbocycles. The van der Waals surface area contributed by atoms with Crippen molar-refractivity contribution in [3.63, 3.8) is 0 Å². The first kappa shape index (κ1) is 20.1. The fourth-order valence-corrected chi connectivity index (χ4v) is 4.87. The zero-order valence-corrected chi connectivity index (χ0v) is 18.9. The van der Waals surface area contributed by atoms with Crippen molar-refractivity contribution >= 4 is 23.0 Å². The van der Waals surface area contributed by atoms with Gasteiger partial charge in [0.15, 0.2) is 17.3 Å². The highest BCUT2D eigenvalue weighted by Gasteiger charge is 2.44. The Balaban J connectivity index is 1.59. The second kappa shape index (κ2) is 7.22. The maximum absolute atomic E-state index is 13.4. The summed E-state index contributed by atoms with van der Waals surface area (Å²) in [6.07, 6.45) is 6.24. The zero-order valence-electron chi connectivity index (χ0n) is 18.1. The SMILES string of the molecule is CC1(C)CC(=O)C2=C(C1)Oc1ncn3nc(-c4ccc(Cl)cc4)nc3c1[C@H]2c1cccnc1. The summed E-state index contributed by atoms with van der Waals surface area (Å²) >= 11 is 6.04. The number of rotatable bonds is 2. The van der Waals surface area contributed by atoms with Crippen LogP contribution in [0.4, 0.5) is 0 Å². The van der Waals surface area contributed by atoms with Gasteiger partial charge in [0.1, 0.15) is 12.1 Å². The third-order valence-corrected chi connectivity index (χ3v) is 6.44. The van der Waals surface area contributed by atoms with Crippen molar-refractivity contribution in [1.82, 2.24) is 24.6 Å². The fourth-order valence-electron chi connectivity index (χ4n) is 4.75. The van der Waals surface area contributed by atoms with Gasteiger partial charge in [0.25, 0.3) is 0 Å². The molecule has 0 unspecified atom stereocenters. The minimum Gasteiger partial charge on any atom is -0.442 e. The number of fused-ring (bicyclic) bond motifs is 3. The molecule has 0 radical (unpaired) electrons. The van der Waals surface area contributed by atoms with Crippen molar-refractivity contribution in [3.05, 3.63) is 82.6 Å². The van der Waals surface area contributed by atoms with E-state index in [-0.39, 0.29) is 17.1 Å². The number of nitrogens with zero attached hydrogens (tertiary/aromatic N) is 5. The van der Waals surface area contributed by atoms with Gasteiger partial charge in [-0.2, -0.15) is 0 Å². The molecule has 0 bridgehead atoms. The number of ether oxygens (including phenoxy) is 1. The van der Waals surface area contributed by atoms with Crippen molar-refractivity contribution in [1.29, 1.82) is 0 Å². The largest absolute Gasteiger partial charge is 0.442 e. The van der Waals surface area contributed by atoms with E-state index in [0.717, 1.165) is 16.7 Å². The average Bonchev–Trinajstić information content (AvgIpc) is 3.22. The summed E-state index contributed by atoms with van der Waals surface area (Å²) < 4.78 is 7.90. The van der Waals surface area contributed by atoms with Gasteiger partial charge in [-0.25, -0.2) is 14.5 Å². The molecular weight excluding hydrogens is 438 g/mol. The van der Waals surface area contributed by atoms with Crippen LogP contribution >= 0.6 is 11.6 Å². The van der Waals surface area contributed by atoms with Crippen molar-refractivity contribution in [2.75, 3.05) is 0 Å². The number of Topliss-reactive ketones (excluding diaryl/α,β-unsaturated/α-hetero) is 1. The molecule has 1 aliphatic heterocycles. The van der Waals surface area contributed by atoms with Crippen LogP contribution in [0.5, 0.6) is 5.88 Å². The number of halogens is 1. The topological polar surface area (TPSA) is 82.3 Å². The molecule has 0 spiro atoms. The first-order valence-electron chi connectivity index (χ1n) is 10.7. The van der Waals surface area contributed by atoms with E-state index in [1.54, 1.807) is 35.4 Å². The van der Waals surface area contributed by atoms with Gasteiger partial charge in [0, 0.05) is 41.4 Å². The van der Waals surface area contributed by atoms with Gasteiger partial charge in [-0.3, -0.25) is 9.78 Å². The second-order valence-corrected chi connectivity index (χ2v) is 9.71. The number of hydrogen-bond acceptors (Lipinski definition) is 6. The number of hydrogen-bond donors (Lipinski definition) is 0. The Morgan fingerprint density at radius 1 is 1.15 bits per heavy atom. The van der Waals surface area contributed by atoms with E-state index in [0.29, 0.717) is 46.5 Å².